The van der Waals surface area contributed by atoms with E-state index in [0.717, 1.165) is 44.6 Å². The van der Waals surface area contributed by atoms with Gasteiger partial charge >= 0.3 is 0 Å². The fraction of sp³-hybridized carbons (Fsp3) is 0.444. The molecule has 0 saturated carbocycles. The van der Waals surface area contributed by atoms with Gasteiger partial charge < -0.3 is 11.1 Å². The van der Waals surface area contributed by atoms with Crippen LogP contribution in [0.25, 0.3) is 0 Å². The van der Waals surface area contributed by atoms with E-state index in [-0.39, 0.29) is 5.91 Å². The zero-order valence-electron chi connectivity index (χ0n) is 14.3. The molecule has 1 amide bonds. The van der Waals surface area contributed by atoms with Gasteiger partial charge in [0.2, 0.25) is 5.91 Å². The number of likely N-dealkylation sites (tertiary alicyclic amines) is 1. The zero-order chi connectivity index (χ0) is 17.5. The molecule has 0 aromatic carbocycles. The molecular formula is C18H24N6O. The number of hydrogen-bond donors (Lipinski definition) is 2. The molecule has 2 aromatic heterocycles. The van der Waals surface area contributed by atoms with Crippen LogP contribution >= 0.6 is 0 Å². The lowest BCUT2D eigenvalue weighted by Crippen LogP contribution is -2.39. The highest BCUT2D eigenvalue weighted by Gasteiger charge is 2.19. The summed E-state index contributed by atoms with van der Waals surface area (Å²) >= 11 is 0. The maximum absolute atomic E-state index is 11.0. The number of amides is 1. The molecular weight excluding hydrogens is 316 g/mol. The summed E-state index contributed by atoms with van der Waals surface area (Å²) in [5.41, 5.74) is 6.53. The van der Waals surface area contributed by atoms with Gasteiger partial charge in [-0.05, 0) is 62.4 Å². The number of nitrogens with two attached hydrogens (primary N) is 1. The third-order valence-corrected chi connectivity index (χ3v) is 4.57. The molecule has 3 N–H and O–H groups in total. The molecule has 3 rings (SSSR count). The van der Waals surface area contributed by atoms with Crippen LogP contribution in [0.3, 0.4) is 0 Å². The smallest absolute Gasteiger partial charge is 0.231 e. The van der Waals surface area contributed by atoms with E-state index in [1.54, 1.807) is 18.6 Å². The van der Waals surface area contributed by atoms with Gasteiger partial charge in [0.25, 0.3) is 0 Å². The average molecular weight is 340 g/mol. The summed E-state index contributed by atoms with van der Waals surface area (Å²) < 4.78 is 0. The minimum Gasteiger partial charge on any atom is -0.369 e. The van der Waals surface area contributed by atoms with Crippen molar-refractivity contribution in [2.24, 2.45) is 11.7 Å². The maximum atomic E-state index is 11.0. The number of pyridine rings is 1. The largest absolute Gasteiger partial charge is 0.369 e. The van der Waals surface area contributed by atoms with Gasteiger partial charge in [-0.25, -0.2) is 9.97 Å². The molecule has 132 valence electrons. The molecule has 1 saturated heterocycles. The Labute approximate surface area is 147 Å². The van der Waals surface area contributed by atoms with E-state index < -0.39 is 0 Å². The Morgan fingerprint density at radius 1 is 1.20 bits per heavy atom. The Morgan fingerprint density at radius 2 is 2.00 bits per heavy atom. The lowest BCUT2D eigenvalue weighted by molar-refractivity contribution is -0.119. The van der Waals surface area contributed by atoms with E-state index in [2.05, 4.69) is 37.3 Å². The molecule has 2 aromatic rings. The Hall–Kier alpha value is -2.54. The van der Waals surface area contributed by atoms with Crippen molar-refractivity contribution >= 4 is 17.5 Å². The molecule has 3 heterocycles. The minimum absolute atomic E-state index is 0.238. The van der Waals surface area contributed by atoms with E-state index in [1.807, 2.05) is 6.20 Å². The second kappa shape index (κ2) is 8.53. The molecule has 0 aliphatic carbocycles. The van der Waals surface area contributed by atoms with Crippen molar-refractivity contribution in [2.75, 3.05) is 25.0 Å². The zero-order valence-corrected chi connectivity index (χ0v) is 14.3. The van der Waals surface area contributed by atoms with Crippen molar-refractivity contribution in [2.45, 2.75) is 25.7 Å². The Kier molecular flexibility index (Phi) is 5.90. The van der Waals surface area contributed by atoms with Crippen LogP contribution in [0.15, 0.2) is 36.9 Å². The number of piperidine rings is 1. The van der Waals surface area contributed by atoms with Crippen molar-refractivity contribution in [3.05, 3.63) is 42.5 Å². The number of nitrogens with zero attached hydrogens (tertiary/aromatic N) is 4. The molecule has 0 bridgehead atoms. The molecule has 1 aliphatic heterocycles. The number of rotatable bonds is 7. The van der Waals surface area contributed by atoms with Crippen LogP contribution in [0.4, 0.5) is 11.6 Å². The van der Waals surface area contributed by atoms with E-state index >= 15 is 0 Å². The first-order chi connectivity index (χ1) is 12.2. The fourth-order valence-electron chi connectivity index (χ4n) is 3.22. The van der Waals surface area contributed by atoms with Gasteiger partial charge in [-0.3, -0.25) is 14.7 Å². The van der Waals surface area contributed by atoms with E-state index in [9.17, 15) is 4.79 Å². The number of carbonyl (C=O) groups excluding carboxylic acids is 1. The van der Waals surface area contributed by atoms with Crippen LogP contribution in [-0.2, 0) is 11.2 Å². The standard InChI is InChI=1S/C18H24N6O/c19-16(25)13-24-9-4-14(5-10-24)1-2-15-3-6-21-17(11-15)23-18-12-20-7-8-22-18/h3,6-8,11-12,14H,1-2,4-5,9-10,13H2,(H2,19,25)(H,21,22,23). The van der Waals surface area contributed by atoms with Gasteiger partial charge in [-0.15, -0.1) is 0 Å². The lowest BCUT2D eigenvalue weighted by Gasteiger charge is -2.31. The van der Waals surface area contributed by atoms with Crippen LogP contribution in [0.1, 0.15) is 24.8 Å². The van der Waals surface area contributed by atoms with Gasteiger partial charge in [0, 0.05) is 18.6 Å². The van der Waals surface area contributed by atoms with Gasteiger partial charge in [-0.1, -0.05) is 0 Å². The Morgan fingerprint density at radius 3 is 2.72 bits per heavy atom. The fourth-order valence-corrected chi connectivity index (χ4v) is 3.22. The van der Waals surface area contributed by atoms with E-state index in [1.165, 1.54) is 5.56 Å². The Bertz CT molecular complexity index is 685. The van der Waals surface area contributed by atoms with Crippen LogP contribution in [0, 0.1) is 5.92 Å². The van der Waals surface area contributed by atoms with E-state index in [4.69, 9.17) is 5.73 Å². The van der Waals surface area contributed by atoms with Crippen LogP contribution in [0.2, 0.25) is 0 Å². The van der Waals surface area contributed by atoms with Crippen molar-refractivity contribution in [3.63, 3.8) is 0 Å². The van der Waals surface area contributed by atoms with Gasteiger partial charge in [0.05, 0.1) is 12.7 Å². The third kappa shape index (κ3) is 5.49. The summed E-state index contributed by atoms with van der Waals surface area (Å²) in [5, 5.41) is 3.17. The molecule has 7 nitrogen and oxygen atoms in total. The van der Waals surface area contributed by atoms with Crippen molar-refractivity contribution in [1.82, 2.24) is 19.9 Å². The van der Waals surface area contributed by atoms with Crippen molar-refractivity contribution < 1.29 is 4.79 Å². The molecule has 1 aliphatic rings. The van der Waals surface area contributed by atoms with Crippen molar-refractivity contribution in [3.8, 4) is 0 Å². The highest BCUT2D eigenvalue weighted by molar-refractivity contribution is 5.75. The normalized spacial score (nSPS) is 15.8. The average Bonchev–Trinajstić information content (AvgIpc) is 2.62. The topological polar surface area (TPSA) is 97.0 Å². The summed E-state index contributed by atoms with van der Waals surface area (Å²) in [6, 6.07) is 4.13. The highest BCUT2D eigenvalue weighted by Crippen LogP contribution is 2.23. The number of aryl methyl sites for hydroxylation is 1. The molecule has 0 atom stereocenters. The number of primary amides is 1. The first-order valence-corrected chi connectivity index (χ1v) is 8.67. The first kappa shape index (κ1) is 17.3. The lowest BCUT2D eigenvalue weighted by atomic mass is 9.90. The molecule has 7 heteroatoms. The van der Waals surface area contributed by atoms with Crippen LogP contribution in [-0.4, -0.2) is 45.4 Å². The quantitative estimate of drug-likeness (QED) is 0.797. The number of anilines is 2. The molecule has 25 heavy (non-hydrogen) atoms. The molecule has 0 unspecified atom stereocenters. The predicted molar refractivity (Wildman–Crippen MR) is 96.2 cm³/mol. The Balaban J connectivity index is 1.47. The number of aromatic nitrogens is 3. The SMILES string of the molecule is NC(=O)CN1CCC(CCc2ccnc(Nc3cnccn3)c2)CC1. The third-order valence-electron chi connectivity index (χ3n) is 4.57. The second-order valence-corrected chi connectivity index (χ2v) is 6.49. The molecule has 0 spiro atoms. The predicted octanol–water partition coefficient (Wildman–Crippen LogP) is 1.75. The number of carbonyl (C=O) groups is 1. The summed E-state index contributed by atoms with van der Waals surface area (Å²) in [6.45, 7) is 2.31. The molecule has 1 fully saturated rings. The van der Waals surface area contributed by atoms with Crippen molar-refractivity contribution in [1.29, 1.82) is 0 Å². The summed E-state index contributed by atoms with van der Waals surface area (Å²) in [5.74, 6) is 1.94. The number of hydrogen-bond acceptors (Lipinski definition) is 6. The summed E-state index contributed by atoms with van der Waals surface area (Å²) in [6.07, 6.45) is 11.2. The summed E-state index contributed by atoms with van der Waals surface area (Å²) in [7, 11) is 0. The van der Waals surface area contributed by atoms with Crippen LogP contribution in [0.5, 0.6) is 0 Å². The second-order valence-electron chi connectivity index (χ2n) is 6.49. The first-order valence-electron chi connectivity index (χ1n) is 8.67. The maximum Gasteiger partial charge on any atom is 0.231 e. The number of nitrogens with one attached hydrogen (secondary N) is 1. The highest BCUT2D eigenvalue weighted by atomic mass is 16.1. The summed E-state index contributed by atoms with van der Waals surface area (Å²) in [4.78, 5) is 25.7. The van der Waals surface area contributed by atoms with Crippen LogP contribution < -0.4 is 11.1 Å². The minimum atomic E-state index is -0.238. The van der Waals surface area contributed by atoms with Gasteiger partial charge in [0.15, 0.2) is 0 Å². The van der Waals surface area contributed by atoms with Gasteiger partial charge in [0.1, 0.15) is 11.6 Å². The van der Waals surface area contributed by atoms with Gasteiger partial charge in [-0.2, -0.15) is 0 Å². The van der Waals surface area contributed by atoms with E-state index in [0.29, 0.717) is 18.3 Å². The monoisotopic (exact) mass is 340 g/mol. The molecule has 0 radical (unpaired) electrons.